The van der Waals surface area contributed by atoms with Crippen molar-refractivity contribution in [2.75, 3.05) is 6.61 Å². The molecule has 3 saturated carbocycles. The zero-order valence-electron chi connectivity index (χ0n) is 37.5. The molecule has 8 atom stereocenters. The number of aliphatic hydroxyl groups is 1. The van der Waals surface area contributed by atoms with Gasteiger partial charge in [0, 0.05) is 48.5 Å². The molecular formula is C56H58O9. The second kappa shape index (κ2) is 16.4. The number of benzene rings is 5. The van der Waals surface area contributed by atoms with Gasteiger partial charge in [-0.25, -0.2) is 0 Å². The van der Waals surface area contributed by atoms with E-state index in [2.05, 4.69) is 31.2 Å². The second-order valence-corrected chi connectivity index (χ2v) is 20.0. The zero-order valence-corrected chi connectivity index (χ0v) is 37.5. The van der Waals surface area contributed by atoms with Crippen LogP contribution in [0.25, 0.3) is 0 Å². The lowest BCUT2D eigenvalue weighted by Crippen LogP contribution is -2.65. The normalized spacial score (nSPS) is 27.5. The first kappa shape index (κ1) is 44.0. The predicted molar refractivity (Wildman–Crippen MR) is 247 cm³/mol. The number of phenols is 4. The molecule has 0 aromatic heterocycles. The third kappa shape index (κ3) is 7.32. The van der Waals surface area contributed by atoms with Crippen molar-refractivity contribution in [2.24, 2.45) is 28.6 Å². The topological polar surface area (TPSA) is 162 Å². The number of aromatic hydroxyl groups is 4. The Labute approximate surface area is 380 Å². The molecule has 0 radical (unpaired) electrons. The van der Waals surface area contributed by atoms with Crippen LogP contribution in [-0.2, 0) is 24.5 Å². The molecule has 0 heterocycles. The molecule has 3 fully saturated rings. The first-order chi connectivity index (χ1) is 31.0. The van der Waals surface area contributed by atoms with Crippen LogP contribution in [0.15, 0.2) is 127 Å². The van der Waals surface area contributed by atoms with E-state index >= 15 is 0 Å². The molecule has 0 bridgehead atoms. The fourth-order valence-corrected chi connectivity index (χ4v) is 13.2. The van der Waals surface area contributed by atoms with Crippen molar-refractivity contribution in [3.05, 3.63) is 166 Å². The highest BCUT2D eigenvalue weighted by Crippen LogP contribution is 2.70. The number of esters is 1. The maximum atomic E-state index is 14.7. The molecule has 0 amide bonds. The Kier molecular flexibility index (Phi) is 11.1. The standard InChI is InChI=1S/C56H58O9/c1-33(57)65-32-55(4,56(64)28-26-46-45-23-16-40-30-44(61)25-27-53(40,2)52(45)49(63)31-54(46,56)3)47-29-39(15-24-48(47)62)51(38-13-21-43(60)22-14-38)35-7-5-34(6-8-35)50(36-9-17-41(58)18-10-36)37-11-19-42(59)20-12-37/h5-15,17-22,24,29-30,45-46,50-52,58-60,62,64H,16,23,25-28,31-32H2,1-4H3/t45-,46-,51?,52+,53-,54-,55?,56+/m0/s1. The number of fused-ring (bicyclic) bond motifs is 5. The van der Waals surface area contributed by atoms with Gasteiger partial charge in [0.2, 0.25) is 0 Å². The van der Waals surface area contributed by atoms with Crippen LogP contribution in [0.4, 0.5) is 0 Å². The number of ether oxygens (including phenoxy) is 1. The summed E-state index contributed by atoms with van der Waals surface area (Å²) in [6.45, 7) is 7.12. The lowest BCUT2D eigenvalue weighted by molar-refractivity contribution is -0.183. The molecule has 5 N–H and O–H groups in total. The summed E-state index contributed by atoms with van der Waals surface area (Å²) in [6, 6.07) is 34.8. The molecule has 0 aliphatic heterocycles. The number of phenolic OH excluding ortho intramolecular Hbond substituents is 4. The number of rotatable bonds is 10. The fourth-order valence-electron chi connectivity index (χ4n) is 13.2. The van der Waals surface area contributed by atoms with Crippen LogP contribution in [0.5, 0.6) is 23.0 Å². The largest absolute Gasteiger partial charge is 0.508 e. The molecule has 4 aliphatic rings. The summed E-state index contributed by atoms with van der Waals surface area (Å²) >= 11 is 0. The van der Waals surface area contributed by atoms with Crippen molar-refractivity contribution in [2.45, 2.75) is 95.5 Å². The Hall–Kier alpha value is -6.19. The summed E-state index contributed by atoms with van der Waals surface area (Å²) in [4.78, 5) is 40.0. The number of hydrogen-bond acceptors (Lipinski definition) is 9. The first-order valence-electron chi connectivity index (χ1n) is 22.9. The molecule has 0 saturated heterocycles. The van der Waals surface area contributed by atoms with Gasteiger partial charge >= 0.3 is 5.97 Å². The third-order valence-corrected chi connectivity index (χ3v) is 16.5. The summed E-state index contributed by atoms with van der Waals surface area (Å²) in [7, 11) is 0. The average Bonchev–Trinajstić information content (AvgIpc) is 3.56. The van der Waals surface area contributed by atoms with Gasteiger partial charge in [-0.05, 0) is 138 Å². The number of allylic oxidation sites excluding steroid dienone is 1. The van der Waals surface area contributed by atoms with Gasteiger partial charge in [0.15, 0.2) is 5.78 Å². The van der Waals surface area contributed by atoms with Crippen LogP contribution in [-0.4, -0.2) is 55.3 Å². The molecule has 9 nitrogen and oxygen atoms in total. The van der Waals surface area contributed by atoms with Gasteiger partial charge in [0.25, 0.3) is 0 Å². The van der Waals surface area contributed by atoms with E-state index in [9.17, 15) is 39.9 Å². The molecule has 0 spiro atoms. The molecule has 5 aromatic carbocycles. The summed E-state index contributed by atoms with van der Waals surface area (Å²) in [5.74, 6) is -0.857. The SMILES string of the molecule is CC(=O)OCC(C)(c1cc(C(c2ccc(O)cc2)c2ccc(C(c3ccc(O)cc3)c3ccc(O)cc3)cc2)ccc1O)[C@@]1(O)CC[C@H]2[C@@H]3CCC4=CC(=O)CC[C@]4(C)[C@H]3C(=O)C[C@@]21C. The van der Waals surface area contributed by atoms with Crippen molar-refractivity contribution >= 4 is 17.5 Å². The Morgan fingerprint density at radius 2 is 1.17 bits per heavy atom. The fraction of sp³-hybridized carbons (Fsp3) is 0.375. The maximum Gasteiger partial charge on any atom is 0.302 e. The Balaban J connectivity index is 1.13. The Morgan fingerprint density at radius 3 is 1.68 bits per heavy atom. The van der Waals surface area contributed by atoms with E-state index in [0.717, 1.165) is 51.8 Å². The minimum absolute atomic E-state index is 0.00746. The number of ketones is 2. The maximum absolute atomic E-state index is 14.7. The van der Waals surface area contributed by atoms with Crippen molar-refractivity contribution in [1.82, 2.24) is 0 Å². The highest BCUT2D eigenvalue weighted by Gasteiger charge is 2.71. The number of carbonyl (C=O) groups excluding carboxylic acids is 3. The molecule has 65 heavy (non-hydrogen) atoms. The number of carbonyl (C=O) groups is 3. The van der Waals surface area contributed by atoms with Gasteiger partial charge in [0.05, 0.1) is 11.0 Å². The van der Waals surface area contributed by atoms with Gasteiger partial charge in [-0.1, -0.05) is 92.2 Å². The van der Waals surface area contributed by atoms with E-state index in [-0.39, 0.29) is 71.3 Å². The molecule has 9 heteroatoms. The van der Waals surface area contributed by atoms with Crippen LogP contribution < -0.4 is 0 Å². The summed E-state index contributed by atoms with van der Waals surface area (Å²) in [6.07, 6.45) is 5.45. The lowest BCUT2D eigenvalue weighted by atomic mass is 9.44. The lowest BCUT2D eigenvalue weighted by Gasteiger charge is -2.60. The minimum atomic E-state index is -1.59. The Morgan fingerprint density at radius 1 is 0.692 bits per heavy atom. The molecule has 2 unspecified atom stereocenters. The minimum Gasteiger partial charge on any atom is -0.508 e. The predicted octanol–water partition coefficient (Wildman–Crippen LogP) is 10.1. The van der Waals surface area contributed by atoms with Crippen molar-refractivity contribution in [3.63, 3.8) is 0 Å². The number of hydrogen-bond donors (Lipinski definition) is 5. The van der Waals surface area contributed by atoms with Crippen molar-refractivity contribution < 1.29 is 44.7 Å². The quantitative estimate of drug-likeness (QED) is 0.0679. The van der Waals surface area contributed by atoms with E-state index in [4.69, 9.17) is 4.74 Å². The van der Waals surface area contributed by atoms with Gasteiger partial charge in [0.1, 0.15) is 35.4 Å². The molecule has 9 rings (SSSR count). The van der Waals surface area contributed by atoms with E-state index in [1.54, 1.807) is 48.5 Å². The molecule has 336 valence electrons. The highest BCUT2D eigenvalue weighted by atomic mass is 16.5. The second-order valence-electron chi connectivity index (χ2n) is 20.0. The number of Topliss-reactive ketones (excluding diaryl/α,β-unsaturated/α-hetero) is 1. The molecular weight excluding hydrogens is 817 g/mol. The first-order valence-corrected chi connectivity index (χ1v) is 22.9. The van der Waals surface area contributed by atoms with Crippen molar-refractivity contribution in [1.29, 1.82) is 0 Å². The van der Waals surface area contributed by atoms with Gasteiger partial charge < -0.3 is 30.3 Å². The van der Waals surface area contributed by atoms with E-state index in [0.29, 0.717) is 31.2 Å². The van der Waals surface area contributed by atoms with E-state index < -0.39 is 33.7 Å². The van der Waals surface area contributed by atoms with Gasteiger partial charge in [-0.2, -0.15) is 0 Å². The van der Waals surface area contributed by atoms with E-state index in [1.807, 2.05) is 62.4 Å². The Bertz CT molecular complexity index is 2620. The average molecular weight is 875 g/mol. The van der Waals surface area contributed by atoms with Gasteiger partial charge in [-0.3, -0.25) is 14.4 Å². The van der Waals surface area contributed by atoms with Gasteiger partial charge in [-0.15, -0.1) is 0 Å². The third-order valence-electron chi connectivity index (χ3n) is 16.5. The zero-order chi connectivity index (χ0) is 46.1. The summed E-state index contributed by atoms with van der Waals surface area (Å²) in [5, 5.41) is 56.2. The van der Waals surface area contributed by atoms with Crippen molar-refractivity contribution in [3.8, 4) is 23.0 Å². The monoisotopic (exact) mass is 874 g/mol. The van der Waals surface area contributed by atoms with Crippen LogP contribution in [0.2, 0.25) is 0 Å². The summed E-state index contributed by atoms with van der Waals surface area (Å²) in [5.41, 5.74) is 2.62. The van der Waals surface area contributed by atoms with Crippen LogP contribution >= 0.6 is 0 Å². The van der Waals surface area contributed by atoms with Crippen LogP contribution in [0.1, 0.15) is 123 Å². The summed E-state index contributed by atoms with van der Waals surface area (Å²) < 4.78 is 5.86. The smallest absolute Gasteiger partial charge is 0.302 e. The van der Waals surface area contributed by atoms with Crippen LogP contribution in [0, 0.1) is 28.6 Å². The molecule has 4 aliphatic carbocycles. The van der Waals surface area contributed by atoms with Crippen LogP contribution in [0.3, 0.4) is 0 Å². The van der Waals surface area contributed by atoms with E-state index in [1.165, 1.54) is 6.92 Å². The molecule has 5 aromatic rings. The highest BCUT2D eigenvalue weighted by molar-refractivity contribution is 5.93.